The van der Waals surface area contributed by atoms with Crippen LogP contribution in [0.2, 0.25) is 0 Å². The summed E-state index contributed by atoms with van der Waals surface area (Å²) in [6.07, 6.45) is 0. The maximum atomic E-state index is 11.6. The minimum Gasteiger partial charge on any atom is -0.495 e. The Hall–Kier alpha value is -2.84. The highest BCUT2D eigenvalue weighted by molar-refractivity contribution is 5.87. The third kappa shape index (κ3) is 3.62. The number of hydrogen-bond acceptors (Lipinski definition) is 5. The van der Waals surface area contributed by atoms with E-state index in [4.69, 9.17) is 4.74 Å². The van der Waals surface area contributed by atoms with Gasteiger partial charge in [0.05, 0.1) is 32.1 Å². The number of hydrogen-bond donors (Lipinski definition) is 1. The van der Waals surface area contributed by atoms with Crippen LogP contribution in [0.1, 0.15) is 27.3 Å². The molecule has 0 aliphatic rings. The zero-order valence-electron chi connectivity index (χ0n) is 12.3. The molecule has 1 N–H and O–H groups in total. The van der Waals surface area contributed by atoms with Gasteiger partial charge in [-0.05, 0) is 24.3 Å². The molecule has 0 radical (unpaired) electrons. The van der Waals surface area contributed by atoms with Crippen molar-refractivity contribution in [2.24, 2.45) is 0 Å². The summed E-state index contributed by atoms with van der Waals surface area (Å²) in [5.41, 5.74) is 1.75. The van der Waals surface area contributed by atoms with Crippen molar-refractivity contribution in [1.29, 1.82) is 0 Å². The molecule has 5 nitrogen and oxygen atoms in total. The van der Waals surface area contributed by atoms with Gasteiger partial charge in [0.1, 0.15) is 11.4 Å². The number of nitrogens with zero attached hydrogens (tertiary/aromatic N) is 1. The Kier molecular flexibility index (Phi) is 5.12. The van der Waals surface area contributed by atoms with Gasteiger partial charge in [0, 0.05) is 5.56 Å². The molecule has 0 fully saturated rings. The second kappa shape index (κ2) is 7.25. The van der Waals surface area contributed by atoms with Crippen LogP contribution in [0.15, 0.2) is 36.4 Å². The quantitative estimate of drug-likeness (QED) is 0.690. The van der Waals surface area contributed by atoms with E-state index in [1.54, 1.807) is 13.2 Å². The Morgan fingerprint density at radius 1 is 1.23 bits per heavy atom. The predicted octanol–water partition coefficient (Wildman–Crippen LogP) is 1.77. The van der Waals surface area contributed by atoms with Gasteiger partial charge in [-0.1, -0.05) is 24.0 Å². The lowest BCUT2D eigenvalue weighted by atomic mass is 10.1. The van der Waals surface area contributed by atoms with Crippen LogP contribution in [-0.2, 0) is 11.3 Å². The molecule has 1 heterocycles. The molecule has 0 saturated carbocycles. The first-order chi connectivity index (χ1) is 10.7. The van der Waals surface area contributed by atoms with Crippen molar-refractivity contribution in [3.63, 3.8) is 0 Å². The van der Waals surface area contributed by atoms with Crippen LogP contribution in [-0.4, -0.2) is 30.3 Å². The topological polar surface area (TPSA) is 68.7 Å². The number of methoxy groups -OCH3 is 2. The van der Waals surface area contributed by atoms with Gasteiger partial charge >= 0.3 is 5.97 Å². The molecule has 0 aliphatic carbocycles. The third-order valence-electron chi connectivity index (χ3n) is 2.88. The molecule has 5 heteroatoms. The van der Waals surface area contributed by atoms with E-state index in [1.165, 1.54) is 13.2 Å². The number of carbonyl (C=O) groups excluding carboxylic acids is 1. The normalized spacial score (nSPS) is 9.59. The maximum Gasteiger partial charge on any atom is 0.356 e. The van der Waals surface area contributed by atoms with E-state index in [-0.39, 0.29) is 12.3 Å². The Bertz CT molecular complexity index is 744. The smallest absolute Gasteiger partial charge is 0.356 e. The monoisotopic (exact) mass is 297 g/mol. The van der Waals surface area contributed by atoms with E-state index in [0.717, 1.165) is 5.56 Å². The number of aliphatic hydroxyl groups is 1. The summed E-state index contributed by atoms with van der Waals surface area (Å²) in [5.74, 6) is 6.01. The van der Waals surface area contributed by atoms with Gasteiger partial charge in [-0.2, -0.15) is 0 Å². The van der Waals surface area contributed by atoms with E-state index in [0.29, 0.717) is 17.0 Å². The Labute approximate surface area is 128 Å². The predicted molar refractivity (Wildman–Crippen MR) is 80.5 cm³/mol. The van der Waals surface area contributed by atoms with Crippen molar-refractivity contribution in [2.45, 2.75) is 6.61 Å². The lowest BCUT2D eigenvalue weighted by Gasteiger charge is -2.03. The first kappa shape index (κ1) is 15.5. The van der Waals surface area contributed by atoms with Crippen molar-refractivity contribution >= 4 is 5.97 Å². The average molecular weight is 297 g/mol. The largest absolute Gasteiger partial charge is 0.495 e. The fraction of sp³-hybridized carbons (Fsp3) is 0.176. The van der Waals surface area contributed by atoms with Crippen LogP contribution < -0.4 is 4.74 Å². The number of rotatable bonds is 3. The first-order valence-electron chi connectivity index (χ1n) is 6.53. The summed E-state index contributed by atoms with van der Waals surface area (Å²) in [5, 5.41) is 9.23. The van der Waals surface area contributed by atoms with Crippen LogP contribution in [0, 0.1) is 11.8 Å². The lowest BCUT2D eigenvalue weighted by molar-refractivity contribution is 0.0593. The van der Waals surface area contributed by atoms with Crippen LogP contribution in [0.3, 0.4) is 0 Å². The average Bonchev–Trinajstić information content (AvgIpc) is 2.59. The van der Waals surface area contributed by atoms with Crippen molar-refractivity contribution in [2.75, 3.05) is 14.2 Å². The Balaban J connectivity index is 2.41. The zero-order chi connectivity index (χ0) is 15.9. The molecule has 0 unspecified atom stereocenters. The number of aromatic nitrogens is 1. The van der Waals surface area contributed by atoms with Crippen LogP contribution in [0.5, 0.6) is 5.75 Å². The van der Waals surface area contributed by atoms with Gasteiger partial charge in [-0.3, -0.25) is 0 Å². The van der Waals surface area contributed by atoms with Crippen molar-refractivity contribution in [3.05, 3.63) is 58.9 Å². The molecule has 1 aromatic carbocycles. The van der Waals surface area contributed by atoms with E-state index in [1.807, 2.05) is 24.3 Å². The minimum atomic E-state index is -0.573. The van der Waals surface area contributed by atoms with Crippen LogP contribution in [0.25, 0.3) is 0 Å². The SMILES string of the molecule is COC(=O)c1cc(C#Cc2ccccc2OC)cc(CO)n1. The summed E-state index contributed by atoms with van der Waals surface area (Å²) in [6, 6.07) is 10.5. The van der Waals surface area contributed by atoms with E-state index in [9.17, 15) is 9.90 Å². The summed E-state index contributed by atoms with van der Waals surface area (Å²) < 4.78 is 9.87. The zero-order valence-corrected chi connectivity index (χ0v) is 12.3. The second-order valence-electron chi connectivity index (χ2n) is 4.33. The highest BCUT2D eigenvalue weighted by Gasteiger charge is 2.09. The van der Waals surface area contributed by atoms with Crippen molar-refractivity contribution in [1.82, 2.24) is 4.98 Å². The molecule has 0 amide bonds. The van der Waals surface area contributed by atoms with Crippen LogP contribution in [0.4, 0.5) is 0 Å². The number of ether oxygens (including phenoxy) is 2. The lowest BCUT2D eigenvalue weighted by Crippen LogP contribution is -2.07. The molecule has 22 heavy (non-hydrogen) atoms. The number of esters is 1. The van der Waals surface area contributed by atoms with E-state index in [2.05, 4.69) is 21.6 Å². The number of carbonyl (C=O) groups is 1. The molecule has 0 saturated heterocycles. The molecule has 0 aliphatic heterocycles. The van der Waals surface area contributed by atoms with Crippen molar-refractivity contribution < 1.29 is 19.4 Å². The highest BCUT2D eigenvalue weighted by Crippen LogP contribution is 2.16. The van der Waals surface area contributed by atoms with Gasteiger partial charge < -0.3 is 14.6 Å². The van der Waals surface area contributed by atoms with Gasteiger partial charge in [-0.25, -0.2) is 9.78 Å². The van der Waals surface area contributed by atoms with E-state index < -0.39 is 5.97 Å². The van der Waals surface area contributed by atoms with Crippen LogP contribution >= 0.6 is 0 Å². The van der Waals surface area contributed by atoms with Gasteiger partial charge in [-0.15, -0.1) is 0 Å². The number of pyridine rings is 1. The molecule has 2 rings (SSSR count). The molecular formula is C17H15NO4. The highest BCUT2D eigenvalue weighted by atomic mass is 16.5. The molecule has 112 valence electrons. The van der Waals surface area contributed by atoms with Gasteiger partial charge in [0.15, 0.2) is 0 Å². The second-order valence-corrected chi connectivity index (χ2v) is 4.33. The maximum absolute atomic E-state index is 11.6. The fourth-order valence-corrected chi connectivity index (χ4v) is 1.84. The summed E-state index contributed by atoms with van der Waals surface area (Å²) in [7, 11) is 2.85. The molecule has 0 atom stereocenters. The van der Waals surface area contributed by atoms with Gasteiger partial charge in [0.2, 0.25) is 0 Å². The molecule has 0 bridgehead atoms. The molecule has 2 aromatic rings. The van der Waals surface area contributed by atoms with Gasteiger partial charge in [0.25, 0.3) is 0 Å². The molecule has 1 aromatic heterocycles. The summed E-state index contributed by atoms with van der Waals surface area (Å²) >= 11 is 0. The minimum absolute atomic E-state index is 0.110. The summed E-state index contributed by atoms with van der Waals surface area (Å²) in [4.78, 5) is 15.6. The summed E-state index contributed by atoms with van der Waals surface area (Å²) in [6.45, 7) is -0.284. The number of para-hydroxylation sites is 1. The number of aliphatic hydroxyl groups excluding tert-OH is 1. The third-order valence-corrected chi connectivity index (χ3v) is 2.88. The van der Waals surface area contributed by atoms with Crippen molar-refractivity contribution in [3.8, 4) is 17.6 Å². The molecule has 0 spiro atoms. The standard InChI is InChI=1S/C17H15NO4/c1-21-16-6-4-3-5-13(16)8-7-12-9-14(11-19)18-15(10-12)17(20)22-2/h3-6,9-10,19H,11H2,1-2H3. The first-order valence-corrected chi connectivity index (χ1v) is 6.53. The molecular weight excluding hydrogens is 282 g/mol. The fourth-order valence-electron chi connectivity index (χ4n) is 1.84. The van der Waals surface area contributed by atoms with E-state index >= 15 is 0 Å². The Morgan fingerprint density at radius 2 is 2.00 bits per heavy atom. The Morgan fingerprint density at radius 3 is 2.68 bits per heavy atom. The number of benzene rings is 1.